The molecule has 1 fully saturated rings. The second kappa shape index (κ2) is 12.0. The van der Waals surface area contributed by atoms with E-state index in [1.54, 1.807) is 0 Å². The Kier molecular flexibility index (Phi) is 8.96. The van der Waals surface area contributed by atoms with Crippen LogP contribution >= 0.6 is 0 Å². The molecule has 0 saturated carbocycles. The summed E-state index contributed by atoms with van der Waals surface area (Å²) >= 11 is 0. The molecule has 2 heterocycles. The molecule has 0 aromatic heterocycles. The molecule has 0 radical (unpaired) electrons. The molecule has 15 heteroatoms. The molecule has 0 bridgehead atoms. The molecule has 1 atom stereocenters. The van der Waals surface area contributed by atoms with Crippen molar-refractivity contribution < 1.29 is 38.3 Å². The van der Waals surface area contributed by atoms with E-state index in [0.717, 1.165) is 19.8 Å². The summed E-state index contributed by atoms with van der Waals surface area (Å²) < 4.78 is 13.3. The lowest BCUT2D eigenvalue weighted by Crippen LogP contribution is -2.64. The van der Waals surface area contributed by atoms with Crippen molar-refractivity contribution in [1.82, 2.24) is 34.9 Å². The van der Waals surface area contributed by atoms with E-state index in [1.807, 2.05) is 0 Å². The summed E-state index contributed by atoms with van der Waals surface area (Å²) in [6.45, 7) is -0.319. The molecule has 1 aromatic rings. The third kappa shape index (κ3) is 5.97. The average Bonchev–Trinajstić information content (AvgIpc) is 3.15. The molecule has 40 heavy (non-hydrogen) atoms. The van der Waals surface area contributed by atoms with Crippen LogP contribution in [0.2, 0.25) is 0 Å². The van der Waals surface area contributed by atoms with Gasteiger partial charge in [-0.3, -0.25) is 33.8 Å². The molecular weight excluding hydrogens is 529 g/mol. The summed E-state index contributed by atoms with van der Waals surface area (Å²) in [7, 11) is 6.78. The average molecular weight is 562 g/mol. The van der Waals surface area contributed by atoms with E-state index in [1.165, 1.54) is 69.3 Å². The van der Waals surface area contributed by atoms with Gasteiger partial charge in [0.15, 0.2) is 5.70 Å². The maximum absolute atomic E-state index is 13.4. The second-order valence-corrected chi connectivity index (χ2v) is 9.64. The molecule has 2 aliphatic heterocycles. The Morgan fingerprint density at radius 2 is 1.52 bits per heavy atom. The van der Waals surface area contributed by atoms with Crippen molar-refractivity contribution in [3.05, 3.63) is 47.1 Å². The third-order valence-electron chi connectivity index (χ3n) is 6.49. The minimum absolute atomic E-state index is 0.0295. The SMILES string of the molecule is CN(C)C(=O)C(=O)N1CCC2N(CC1)C(=O)C(O)=C(C(=O)NCc1ccc(F)cc1)N2N(C)C(=O)C(=O)N(C)C. The predicted octanol–water partition coefficient (Wildman–Crippen LogP) is -1.54. The van der Waals surface area contributed by atoms with Gasteiger partial charge in [-0.2, -0.15) is 0 Å². The van der Waals surface area contributed by atoms with E-state index in [0.29, 0.717) is 5.56 Å². The number of aliphatic hydroxyl groups is 1. The highest BCUT2D eigenvalue weighted by Crippen LogP contribution is 2.30. The Balaban J connectivity index is 1.99. The first-order valence-electron chi connectivity index (χ1n) is 12.3. The summed E-state index contributed by atoms with van der Waals surface area (Å²) in [4.78, 5) is 81.7. The molecule has 6 amide bonds. The third-order valence-corrected chi connectivity index (χ3v) is 6.49. The number of carbonyl (C=O) groups is 6. The van der Waals surface area contributed by atoms with Crippen molar-refractivity contribution in [2.45, 2.75) is 19.1 Å². The molecule has 216 valence electrons. The van der Waals surface area contributed by atoms with Gasteiger partial charge in [0.25, 0.3) is 11.8 Å². The lowest BCUT2D eigenvalue weighted by atomic mass is 10.1. The summed E-state index contributed by atoms with van der Waals surface area (Å²) in [5.41, 5.74) is -0.0635. The number of amides is 6. The van der Waals surface area contributed by atoms with E-state index >= 15 is 0 Å². The number of aliphatic hydroxyl groups excluding tert-OH is 1. The van der Waals surface area contributed by atoms with Crippen LogP contribution in [-0.4, -0.2) is 131 Å². The van der Waals surface area contributed by atoms with Gasteiger partial charge in [-0.1, -0.05) is 12.1 Å². The van der Waals surface area contributed by atoms with Crippen LogP contribution in [0.3, 0.4) is 0 Å². The highest BCUT2D eigenvalue weighted by atomic mass is 19.1. The number of hydrazine groups is 1. The van der Waals surface area contributed by atoms with Gasteiger partial charge in [-0.05, 0) is 17.7 Å². The Hall–Kier alpha value is -4.69. The Bertz CT molecular complexity index is 1250. The van der Waals surface area contributed by atoms with Crippen LogP contribution < -0.4 is 5.32 Å². The van der Waals surface area contributed by atoms with Crippen molar-refractivity contribution in [2.75, 3.05) is 54.9 Å². The Labute approximate surface area is 230 Å². The smallest absolute Gasteiger partial charge is 0.330 e. The van der Waals surface area contributed by atoms with Crippen molar-refractivity contribution in [1.29, 1.82) is 0 Å². The number of hydrogen-bond donors (Lipinski definition) is 2. The standard InChI is InChI=1S/C25H32FN7O7/c1-28(2)22(37)24(39)30(5)33-17-10-11-31(25(40)23(38)29(3)4)12-13-32(17)21(36)19(34)18(33)20(35)27-14-15-6-8-16(26)9-7-15/h6-9,17,34H,10-14H2,1-5H3,(H,27,35). The number of rotatable bonds is 4. The van der Waals surface area contributed by atoms with E-state index in [4.69, 9.17) is 0 Å². The molecule has 3 rings (SSSR count). The largest absolute Gasteiger partial charge is 0.501 e. The van der Waals surface area contributed by atoms with Gasteiger partial charge in [-0.25, -0.2) is 9.40 Å². The first-order chi connectivity index (χ1) is 18.8. The highest BCUT2D eigenvalue weighted by molar-refractivity contribution is 6.35. The Morgan fingerprint density at radius 3 is 2.10 bits per heavy atom. The fourth-order valence-corrected chi connectivity index (χ4v) is 4.29. The lowest BCUT2D eigenvalue weighted by Gasteiger charge is -2.47. The van der Waals surface area contributed by atoms with Gasteiger partial charge in [-0.15, -0.1) is 0 Å². The summed E-state index contributed by atoms with van der Waals surface area (Å²) in [6, 6.07) is 5.27. The zero-order valence-corrected chi connectivity index (χ0v) is 22.9. The van der Waals surface area contributed by atoms with Crippen LogP contribution in [0.15, 0.2) is 35.7 Å². The van der Waals surface area contributed by atoms with Crippen LogP contribution in [0.5, 0.6) is 0 Å². The number of nitrogens with one attached hydrogen (secondary N) is 1. The highest BCUT2D eigenvalue weighted by Gasteiger charge is 2.47. The maximum atomic E-state index is 13.4. The molecular formula is C25H32FN7O7. The number of carbonyl (C=O) groups excluding carboxylic acids is 6. The topological polar surface area (TPSA) is 154 Å². The molecule has 2 N–H and O–H groups in total. The van der Waals surface area contributed by atoms with Crippen LogP contribution in [0, 0.1) is 5.82 Å². The number of benzene rings is 1. The number of halogens is 1. The van der Waals surface area contributed by atoms with E-state index in [-0.39, 0.29) is 32.6 Å². The number of fused-ring (bicyclic) bond motifs is 1. The van der Waals surface area contributed by atoms with Crippen LogP contribution in [0.4, 0.5) is 4.39 Å². The lowest BCUT2D eigenvalue weighted by molar-refractivity contribution is -0.171. The fourth-order valence-electron chi connectivity index (χ4n) is 4.29. The summed E-state index contributed by atoms with van der Waals surface area (Å²) in [5.74, 6) is -6.88. The zero-order valence-electron chi connectivity index (χ0n) is 22.9. The predicted molar refractivity (Wildman–Crippen MR) is 137 cm³/mol. The molecule has 2 aliphatic rings. The molecule has 0 aliphatic carbocycles. The number of likely N-dealkylation sites (N-methyl/N-ethyl adjacent to an activating group) is 3. The fraction of sp³-hybridized carbons (Fsp3) is 0.440. The van der Waals surface area contributed by atoms with E-state index in [2.05, 4.69) is 5.32 Å². The molecule has 1 unspecified atom stereocenters. The first kappa shape index (κ1) is 29.9. The summed E-state index contributed by atoms with van der Waals surface area (Å²) in [5, 5.41) is 15.3. The van der Waals surface area contributed by atoms with Gasteiger partial charge in [0, 0.05) is 67.8 Å². The minimum Gasteiger partial charge on any atom is -0.501 e. The summed E-state index contributed by atoms with van der Waals surface area (Å²) in [6.07, 6.45) is -1.11. The van der Waals surface area contributed by atoms with Gasteiger partial charge in [0.2, 0.25) is 5.76 Å². The Morgan fingerprint density at radius 1 is 0.925 bits per heavy atom. The maximum Gasteiger partial charge on any atom is 0.330 e. The molecule has 1 saturated heterocycles. The van der Waals surface area contributed by atoms with Crippen molar-refractivity contribution in [3.63, 3.8) is 0 Å². The van der Waals surface area contributed by atoms with Gasteiger partial charge < -0.3 is 30.0 Å². The number of nitrogens with zero attached hydrogens (tertiary/aromatic N) is 6. The van der Waals surface area contributed by atoms with Crippen LogP contribution in [0.25, 0.3) is 0 Å². The van der Waals surface area contributed by atoms with Crippen molar-refractivity contribution in [3.8, 4) is 0 Å². The quantitative estimate of drug-likeness (QED) is 0.420. The van der Waals surface area contributed by atoms with E-state index in [9.17, 15) is 38.3 Å². The molecule has 14 nitrogen and oxygen atoms in total. The molecule has 0 spiro atoms. The van der Waals surface area contributed by atoms with Crippen molar-refractivity contribution in [2.24, 2.45) is 0 Å². The van der Waals surface area contributed by atoms with Crippen molar-refractivity contribution >= 4 is 35.4 Å². The number of hydrogen-bond acceptors (Lipinski definition) is 8. The monoisotopic (exact) mass is 561 g/mol. The molecule has 1 aromatic carbocycles. The first-order valence-corrected chi connectivity index (χ1v) is 12.3. The minimum atomic E-state index is -1.08. The van der Waals surface area contributed by atoms with Gasteiger partial charge in [0.1, 0.15) is 12.0 Å². The zero-order chi connectivity index (χ0) is 29.9. The van der Waals surface area contributed by atoms with Crippen LogP contribution in [0.1, 0.15) is 12.0 Å². The van der Waals surface area contributed by atoms with Crippen LogP contribution in [-0.2, 0) is 35.3 Å². The van der Waals surface area contributed by atoms with Gasteiger partial charge in [0.05, 0.1) is 0 Å². The normalized spacial score (nSPS) is 17.1. The van der Waals surface area contributed by atoms with E-state index < -0.39 is 58.9 Å². The van der Waals surface area contributed by atoms with Gasteiger partial charge >= 0.3 is 23.6 Å². The second-order valence-electron chi connectivity index (χ2n) is 9.64.